The molecule has 0 aromatic carbocycles. The van der Waals surface area contributed by atoms with Crippen LogP contribution in [0.15, 0.2) is 11.6 Å². The first kappa shape index (κ1) is 8.34. The van der Waals surface area contributed by atoms with Crippen molar-refractivity contribution in [3.8, 4) is 0 Å². The van der Waals surface area contributed by atoms with Crippen molar-refractivity contribution in [2.75, 3.05) is 0 Å². The highest BCUT2D eigenvalue weighted by molar-refractivity contribution is 5.27. The molecular formula is C12H19. The maximum Gasteiger partial charge on any atom is 0.000545 e. The van der Waals surface area contributed by atoms with Gasteiger partial charge in [-0.3, -0.25) is 0 Å². The van der Waals surface area contributed by atoms with Crippen molar-refractivity contribution < 1.29 is 0 Å². The monoisotopic (exact) mass is 163 g/mol. The summed E-state index contributed by atoms with van der Waals surface area (Å²) in [4.78, 5) is 0. The molecule has 67 valence electrons. The second-order valence-corrected chi connectivity index (χ2v) is 4.14. The summed E-state index contributed by atoms with van der Waals surface area (Å²) in [6.07, 6.45) is 15.3. The summed E-state index contributed by atoms with van der Waals surface area (Å²) >= 11 is 0. The average Bonchev–Trinajstić information content (AvgIpc) is 2.48. The third kappa shape index (κ3) is 1.91. The molecule has 1 radical (unpaired) electrons. The van der Waals surface area contributed by atoms with Gasteiger partial charge in [-0.25, -0.2) is 0 Å². The van der Waals surface area contributed by atoms with E-state index in [9.17, 15) is 0 Å². The van der Waals surface area contributed by atoms with E-state index in [2.05, 4.69) is 6.08 Å². The van der Waals surface area contributed by atoms with Gasteiger partial charge in [0.05, 0.1) is 0 Å². The lowest BCUT2D eigenvalue weighted by atomic mass is 9.91. The van der Waals surface area contributed by atoms with E-state index in [-0.39, 0.29) is 0 Å². The molecule has 2 rings (SSSR count). The zero-order chi connectivity index (χ0) is 8.23. The van der Waals surface area contributed by atoms with Gasteiger partial charge in [-0.2, -0.15) is 0 Å². The van der Waals surface area contributed by atoms with Crippen LogP contribution in [-0.4, -0.2) is 0 Å². The molecule has 12 heavy (non-hydrogen) atoms. The quantitative estimate of drug-likeness (QED) is 0.512. The van der Waals surface area contributed by atoms with Crippen LogP contribution in [0.4, 0.5) is 0 Å². The van der Waals surface area contributed by atoms with Crippen molar-refractivity contribution in [1.82, 2.24) is 0 Å². The number of hydrogen-bond acceptors (Lipinski definition) is 0. The van der Waals surface area contributed by atoms with Crippen LogP contribution in [0.3, 0.4) is 0 Å². The Labute approximate surface area is 76.1 Å². The molecule has 0 aromatic rings. The lowest BCUT2D eigenvalue weighted by molar-refractivity contribution is 0.702. The van der Waals surface area contributed by atoms with Crippen molar-refractivity contribution in [2.45, 2.75) is 57.8 Å². The SMILES string of the molecule is C1=C([C]2CCCCCC2)CCC1. The van der Waals surface area contributed by atoms with Crippen LogP contribution in [0.2, 0.25) is 0 Å². The van der Waals surface area contributed by atoms with Crippen LogP contribution in [0.5, 0.6) is 0 Å². The molecule has 0 aliphatic heterocycles. The molecule has 1 saturated carbocycles. The zero-order valence-corrected chi connectivity index (χ0v) is 7.94. The predicted molar refractivity (Wildman–Crippen MR) is 52.9 cm³/mol. The van der Waals surface area contributed by atoms with E-state index >= 15 is 0 Å². The lowest BCUT2D eigenvalue weighted by Crippen LogP contribution is -1.97. The van der Waals surface area contributed by atoms with E-state index in [1.54, 1.807) is 5.57 Å². The Balaban J connectivity index is 1.91. The Morgan fingerprint density at radius 3 is 2.08 bits per heavy atom. The molecule has 2 aliphatic rings. The molecule has 0 heteroatoms. The summed E-state index contributed by atoms with van der Waals surface area (Å²) in [7, 11) is 0. The van der Waals surface area contributed by atoms with Crippen molar-refractivity contribution in [1.29, 1.82) is 0 Å². The Kier molecular flexibility index (Phi) is 2.86. The first-order chi connectivity index (χ1) is 5.97. The second kappa shape index (κ2) is 4.11. The molecule has 0 bridgehead atoms. The molecule has 0 unspecified atom stereocenters. The fourth-order valence-electron chi connectivity index (χ4n) is 2.47. The van der Waals surface area contributed by atoms with Gasteiger partial charge in [-0.15, -0.1) is 0 Å². The van der Waals surface area contributed by atoms with E-state index in [0.29, 0.717) is 0 Å². The number of hydrogen-bond donors (Lipinski definition) is 0. The number of allylic oxidation sites excluding steroid dienone is 2. The van der Waals surface area contributed by atoms with Gasteiger partial charge >= 0.3 is 0 Å². The Bertz CT molecular complexity index is 159. The third-order valence-electron chi connectivity index (χ3n) is 3.20. The van der Waals surface area contributed by atoms with Gasteiger partial charge in [-0.05, 0) is 32.1 Å². The molecule has 0 N–H and O–H groups in total. The van der Waals surface area contributed by atoms with Gasteiger partial charge in [-0.1, -0.05) is 37.3 Å². The minimum Gasteiger partial charge on any atom is -0.0847 e. The molecule has 1 fully saturated rings. The highest BCUT2D eigenvalue weighted by atomic mass is 14.2. The summed E-state index contributed by atoms with van der Waals surface area (Å²) in [6.45, 7) is 0. The molecular weight excluding hydrogens is 144 g/mol. The van der Waals surface area contributed by atoms with E-state index < -0.39 is 0 Å². The van der Waals surface area contributed by atoms with Gasteiger partial charge in [0, 0.05) is 5.92 Å². The summed E-state index contributed by atoms with van der Waals surface area (Å²) in [5.74, 6) is 1.81. The molecule has 0 atom stereocenters. The van der Waals surface area contributed by atoms with Crippen molar-refractivity contribution in [3.05, 3.63) is 17.6 Å². The molecule has 2 aliphatic carbocycles. The van der Waals surface area contributed by atoms with Gasteiger partial charge in [0.15, 0.2) is 0 Å². The van der Waals surface area contributed by atoms with Gasteiger partial charge in [0.25, 0.3) is 0 Å². The molecule has 0 saturated heterocycles. The van der Waals surface area contributed by atoms with Gasteiger partial charge < -0.3 is 0 Å². The van der Waals surface area contributed by atoms with Crippen LogP contribution >= 0.6 is 0 Å². The lowest BCUT2D eigenvalue weighted by Gasteiger charge is -2.14. The molecule has 0 amide bonds. The van der Waals surface area contributed by atoms with Crippen molar-refractivity contribution in [2.24, 2.45) is 0 Å². The largest absolute Gasteiger partial charge is 0.0847 e. The second-order valence-electron chi connectivity index (χ2n) is 4.14. The Morgan fingerprint density at radius 2 is 1.50 bits per heavy atom. The predicted octanol–water partition coefficient (Wildman–Crippen LogP) is 4.03. The molecule has 0 aromatic heterocycles. The van der Waals surface area contributed by atoms with E-state index in [1.165, 1.54) is 57.8 Å². The third-order valence-corrected chi connectivity index (χ3v) is 3.20. The van der Waals surface area contributed by atoms with Crippen molar-refractivity contribution in [3.63, 3.8) is 0 Å². The van der Waals surface area contributed by atoms with E-state index in [4.69, 9.17) is 0 Å². The van der Waals surface area contributed by atoms with Crippen LogP contribution < -0.4 is 0 Å². The van der Waals surface area contributed by atoms with Crippen LogP contribution in [0.1, 0.15) is 57.8 Å². The molecule has 0 heterocycles. The Hall–Kier alpha value is -0.260. The normalized spacial score (nSPS) is 26.8. The smallest absolute Gasteiger partial charge is 0.000545 e. The minimum absolute atomic E-state index is 1.35. The summed E-state index contributed by atoms with van der Waals surface area (Å²) in [5.41, 5.74) is 1.73. The Morgan fingerprint density at radius 1 is 0.750 bits per heavy atom. The highest BCUT2D eigenvalue weighted by Crippen LogP contribution is 2.35. The minimum atomic E-state index is 1.35. The summed E-state index contributed by atoms with van der Waals surface area (Å²) in [6, 6.07) is 0. The summed E-state index contributed by atoms with van der Waals surface area (Å²) < 4.78 is 0. The topological polar surface area (TPSA) is 0 Å². The zero-order valence-electron chi connectivity index (χ0n) is 7.94. The average molecular weight is 163 g/mol. The first-order valence-electron chi connectivity index (χ1n) is 5.51. The fraction of sp³-hybridized carbons (Fsp3) is 0.750. The van der Waals surface area contributed by atoms with Gasteiger partial charge in [0.1, 0.15) is 0 Å². The van der Waals surface area contributed by atoms with Gasteiger partial charge in [0.2, 0.25) is 0 Å². The molecule has 0 spiro atoms. The maximum atomic E-state index is 2.49. The first-order valence-corrected chi connectivity index (χ1v) is 5.51. The fourth-order valence-corrected chi connectivity index (χ4v) is 2.47. The van der Waals surface area contributed by atoms with E-state index in [0.717, 1.165) is 0 Å². The maximum absolute atomic E-state index is 2.49. The van der Waals surface area contributed by atoms with Crippen molar-refractivity contribution >= 4 is 0 Å². The van der Waals surface area contributed by atoms with E-state index in [1.807, 2.05) is 5.92 Å². The van der Waals surface area contributed by atoms with Crippen LogP contribution in [-0.2, 0) is 0 Å². The number of rotatable bonds is 1. The van der Waals surface area contributed by atoms with Crippen LogP contribution in [0.25, 0.3) is 0 Å². The molecule has 0 nitrogen and oxygen atoms in total. The standard InChI is InChI=1S/C12H19/c1-2-4-8-11(7-3-1)12-9-5-6-10-12/h9H,1-8,10H2. The summed E-state index contributed by atoms with van der Waals surface area (Å²) in [5, 5.41) is 0. The van der Waals surface area contributed by atoms with Crippen LogP contribution in [0, 0.1) is 5.92 Å². The highest BCUT2D eigenvalue weighted by Gasteiger charge is 2.18.